The quantitative estimate of drug-likeness (QED) is 0.708. The Bertz CT molecular complexity index is 409. The van der Waals surface area contributed by atoms with Crippen molar-refractivity contribution in [1.29, 1.82) is 0 Å². The molecule has 0 bridgehead atoms. The van der Waals surface area contributed by atoms with Crippen LogP contribution in [0.25, 0.3) is 0 Å². The van der Waals surface area contributed by atoms with E-state index in [0.29, 0.717) is 6.61 Å². The lowest BCUT2D eigenvalue weighted by atomic mass is 9.83. The summed E-state index contributed by atoms with van der Waals surface area (Å²) in [6.45, 7) is 12.0. The molecule has 1 atom stereocenters. The van der Waals surface area contributed by atoms with E-state index < -0.39 is 0 Å². The molecule has 1 N–H and O–H groups in total. The van der Waals surface area contributed by atoms with Crippen molar-refractivity contribution in [2.24, 2.45) is 0 Å². The van der Waals surface area contributed by atoms with Gasteiger partial charge < -0.3 is 10.1 Å². The zero-order valence-corrected chi connectivity index (χ0v) is 14.1. The molecule has 0 amide bonds. The number of benzene rings is 1. The predicted octanol–water partition coefficient (Wildman–Crippen LogP) is 4.77. The molecule has 0 aliphatic carbocycles. The number of rotatable bonds is 9. The van der Waals surface area contributed by atoms with Crippen LogP contribution < -0.4 is 5.32 Å². The first-order chi connectivity index (χ1) is 10.0. The van der Waals surface area contributed by atoms with Gasteiger partial charge in [0, 0.05) is 6.61 Å². The summed E-state index contributed by atoms with van der Waals surface area (Å²) in [6, 6.07) is 5.29. The molecule has 1 rings (SSSR count). The maximum absolute atomic E-state index is 13.8. The lowest BCUT2D eigenvalue weighted by Crippen LogP contribution is -2.46. The number of aryl methyl sites for hydroxylation is 1. The Morgan fingerprint density at radius 3 is 2.29 bits per heavy atom. The highest BCUT2D eigenvalue weighted by Crippen LogP contribution is 2.36. The van der Waals surface area contributed by atoms with Crippen molar-refractivity contribution in [3.63, 3.8) is 0 Å². The molecule has 0 aliphatic rings. The van der Waals surface area contributed by atoms with Gasteiger partial charge in [-0.1, -0.05) is 26.8 Å². The molecule has 1 aromatic carbocycles. The van der Waals surface area contributed by atoms with Crippen molar-refractivity contribution in [3.8, 4) is 0 Å². The molecule has 120 valence electrons. The fourth-order valence-electron chi connectivity index (χ4n) is 3.06. The Morgan fingerprint density at radius 1 is 1.14 bits per heavy atom. The van der Waals surface area contributed by atoms with Crippen LogP contribution in [-0.2, 0) is 4.74 Å². The molecule has 1 unspecified atom stereocenters. The first-order valence-corrected chi connectivity index (χ1v) is 8.17. The first-order valence-electron chi connectivity index (χ1n) is 8.17. The number of hydrogen-bond acceptors (Lipinski definition) is 2. The van der Waals surface area contributed by atoms with Gasteiger partial charge in [-0.15, -0.1) is 0 Å². The molecule has 2 nitrogen and oxygen atoms in total. The molecule has 0 aliphatic heterocycles. The van der Waals surface area contributed by atoms with Crippen LogP contribution >= 0.6 is 0 Å². The van der Waals surface area contributed by atoms with E-state index in [-0.39, 0.29) is 17.5 Å². The lowest BCUT2D eigenvalue weighted by Gasteiger charge is -2.40. The van der Waals surface area contributed by atoms with E-state index in [1.54, 1.807) is 12.1 Å². The lowest BCUT2D eigenvalue weighted by molar-refractivity contribution is -0.0733. The Morgan fingerprint density at radius 2 is 1.81 bits per heavy atom. The minimum absolute atomic E-state index is 0.0156. The molecule has 0 fully saturated rings. The van der Waals surface area contributed by atoms with Gasteiger partial charge in [0.25, 0.3) is 0 Å². The average molecular weight is 295 g/mol. The molecule has 0 radical (unpaired) electrons. The van der Waals surface area contributed by atoms with E-state index in [1.807, 2.05) is 13.8 Å². The third kappa shape index (κ3) is 4.52. The number of ether oxygens (including phenoxy) is 1. The van der Waals surface area contributed by atoms with Crippen LogP contribution in [0.15, 0.2) is 18.2 Å². The van der Waals surface area contributed by atoms with Crippen LogP contribution in [-0.4, -0.2) is 18.8 Å². The summed E-state index contributed by atoms with van der Waals surface area (Å²) in [7, 11) is 0. The van der Waals surface area contributed by atoms with Crippen LogP contribution in [0.2, 0.25) is 0 Å². The summed E-state index contributed by atoms with van der Waals surface area (Å²) in [4.78, 5) is 0. The zero-order valence-electron chi connectivity index (χ0n) is 14.1. The smallest absolute Gasteiger partial charge is 0.123 e. The summed E-state index contributed by atoms with van der Waals surface area (Å²) in [5.74, 6) is -0.175. The Balaban J connectivity index is 3.24. The van der Waals surface area contributed by atoms with Crippen molar-refractivity contribution in [2.45, 2.75) is 65.5 Å². The van der Waals surface area contributed by atoms with Gasteiger partial charge in [0.2, 0.25) is 0 Å². The highest BCUT2D eigenvalue weighted by molar-refractivity contribution is 5.28. The summed E-state index contributed by atoms with van der Waals surface area (Å²) in [6.07, 6.45) is 2.84. The Labute approximate surface area is 129 Å². The summed E-state index contributed by atoms with van der Waals surface area (Å²) >= 11 is 0. The van der Waals surface area contributed by atoms with E-state index in [0.717, 1.165) is 36.9 Å². The standard InChI is InChI=1S/C18H30FNO/c1-6-10-20-17(18(7-2,8-3)21-9-4)15-11-14(5)12-16(19)13-15/h11-13,17,20H,6-10H2,1-5H3. The van der Waals surface area contributed by atoms with E-state index >= 15 is 0 Å². The fraction of sp³-hybridized carbons (Fsp3) is 0.667. The van der Waals surface area contributed by atoms with Gasteiger partial charge in [-0.05, 0) is 62.9 Å². The van der Waals surface area contributed by atoms with Gasteiger partial charge in [0.05, 0.1) is 11.6 Å². The number of hydrogen-bond donors (Lipinski definition) is 1. The predicted molar refractivity (Wildman–Crippen MR) is 87.1 cm³/mol. The summed E-state index contributed by atoms with van der Waals surface area (Å²) < 4.78 is 20.0. The molecule has 0 saturated carbocycles. The van der Waals surface area contributed by atoms with Crippen LogP contribution in [0, 0.1) is 12.7 Å². The number of halogens is 1. The zero-order chi connectivity index (χ0) is 15.9. The molecular formula is C18H30FNO. The van der Waals surface area contributed by atoms with Gasteiger partial charge in [-0.25, -0.2) is 4.39 Å². The highest BCUT2D eigenvalue weighted by Gasteiger charge is 2.37. The molecule has 3 heteroatoms. The normalized spacial score (nSPS) is 13.4. The van der Waals surface area contributed by atoms with Gasteiger partial charge in [-0.2, -0.15) is 0 Å². The van der Waals surface area contributed by atoms with Crippen molar-refractivity contribution < 1.29 is 9.13 Å². The average Bonchev–Trinajstić information content (AvgIpc) is 2.45. The monoisotopic (exact) mass is 295 g/mol. The fourth-order valence-corrected chi connectivity index (χ4v) is 3.06. The number of nitrogens with one attached hydrogen (secondary N) is 1. The van der Waals surface area contributed by atoms with Gasteiger partial charge in [-0.3, -0.25) is 0 Å². The third-order valence-corrected chi connectivity index (χ3v) is 4.15. The SMILES string of the molecule is CCCNC(c1cc(C)cc(F)c1)C(CC)(CC)OCC. The second-order valence-corrected chi connectivity index (χ2v) is 5.65. The van der Waals surface area contributed by atoms with Crippen LogP contribution in [0.4, 0.5) is 4.39 Å². The van der Waals surface area contributed by atoms with Crippen LogP contribution in [0.5, 0.6) is 0 Å². The van der Waals surface area contributed by atoms with E-state index in [1.165, 1.54) is 0 Å². The molecule has 1 aromatic rings. The summed E-state index contributed by atoms with van der Waals surface area (Å²) in [5, 5.41) is 3.58. The molecule has 21 heavy (non-hydrogen) atoms. The first kappa shape index (κ1) is 18.1. The van der Waals surface area contributed by atoms with E-state index in [2.05, 4.69) is 32.2 Å². The van der Waals surface area contributed by atoms with Crippen molar-refractivity contribution in [3.05, 3.63) is 35.1 Å². The van der Waals surface area contributed by atoms with E-state index in [9.17, 15) is 4.39 Å². The van der Waals surface area contributed by atoms with E-state index in [4.69, 9.17) is 4.74 Å². The Kier molecular flexibility index (Phi) is 7.33. The molecule has 0 aromatic heterocycles. The second-order valence-electron chi connectivity index (χ2n) is 5.65. The minimum atomic E-state index is -0.288. The van der Waals surface area contributed by atoms with Crippen molar-refractivity contribution in [1.82, 2.24) is 5.32 Å². The van der Waals surface area contributed by atoms with Crippen molar-refractivity contribution in [2.75, 3.05) is 13.2 Å². The largest absolute Gasteiger partial charge is 0.373 e. The minimum Gasteiger partial charge on any atom is -0.373 e. The topological polar surface area (TPSA) is 21.3 Å². The molecule has 0 spiro atoms. The molecule has 0 heterocycles. The van der Waals surface area contributed by atoms with Crippen LogP contribution in [0.1, 0.15) is 64.1 Å². The molecular weight excluding hydrogens is 265 g/mol. The van der Waals surface area contributed by atoms with Gasteiger partial charge >= 0.3 is 0 Å². The molecule has 0 saturated heterocycles. The van der Waals surface area contributed by atoms with Crippen LogP contribution in [0.3, 0.4) is 0 Å². The third-order valence-electron chi connectivity index (χ3n) is 4.15. The summed E-state index contributed by atoms with van der Waals surface area (Å²) in [5.41, 5.74) is 1.65. The van der Waals surface area contributed by atoms with Crippen molar-refractivity contribution >= 4 is 0 Å². The van der Waals surface area contributed by atoms with Gasteiger partial charge in [0.1, 0.15) is 5.82 Å². The Hall–Kier alpha value is -0.930. The maximum Gasteiger partial charge on any atom is 0.123 e. The highest BCUT2D eigenvalue weighted by atomic mass is 19.1. The maximum atomic E-state index is 13.8. The second kappa shape index (κ2) is 8.50. The van der Waals surface area contributed by atoms with Gasteiger partial charge in [0.15, 0.2) is 0 Å².